The summed E-state index contributed by atoms with van der Waals surface area (Å²) in [5.74, 6) is 0.861. The van der Waals surface area contributed by atoms with Crippen LogP contribution >= 0.6 is 0 Å². The Kier molecular flexibility index (Phi) is 4.57. The van der Waals surface area contributed by atoms with Gasteiger partial charge in [-0.05, 0) is 36.1 Å². The Labute approximate surface area is 142 Å². The highest BCUT2D eigenvalue weighted by Crippen LogP contribution is 2.29. The highest BCUT2D eigenvalue weighted by Gasteiger charge is 2.35. The third-order valence-corrected chi connectivity index (χ3v) is 4.72. The number of rotatable bonds is 5. The molecule has 128 valence electrons. The summed E-state index contributed by atoms with van der Waals surface area (Å²) >= 11 is 0. The summed E-state index contributed by atoms with van der Waals surface area (Å²) in [5.41, 5.74) is 7.59. The molecule has 1 aromatic heterocycles. The molecule has 0 spiro atoms. The maximum absolute atomic E-state index is 12.6. The first kappa shape index (κ1) is 16.5. The largest absolute Gasteiger partial charge is 0.497 e. The van der Waals surface area contributed by atoms with Gasteiger partial charge in [-0.25, -0.2) is 0 Å². The minimum absolute atomic E-state index is 0.0353. The quantitative estimate of drug-likeness (QED) is 0.907. The van der Waals surface area contributed by atoms with Gasteiger partial charge in [0.05, 0.1) is 25.4 Å². The van der Waals surface area contributed by atoms with Crippen molar-refractivity contribution in [2.75, 3.05) is 26.7 Å². The molecule has 0 radical (unpaired) electrons. The zero-order valence-corrected chi connectivity index (χ0v) is 14.2. The zero-order chi connectivity index (χ0) is 17.2. The number of nitrogens with zero attached hydrogens (tertiary/aromatic N) is 3. The van der Waals surface area contributed by atoms with Crippen LogP contribution in [0.2, 0.25) is 0 Å². The van der Waals surface area contributed by atoms with E-state index in [9.17, 15) is 4.79 Å². The van der Waals surface area contributed by atoms with Gasteiger partial charge in [0.1, 0.15) is 5.75 Å². The Hall–Kier alpha value is -2.34. The van der Waals surface area contributed by atoms with Crippen molar-refractivity contribution < 1.29 is 9.53 Å². The lowest BCUT2D eigenvalue weighted by atomic mass is 9.90. The molecule has 24 heavy (non-hydrogen) atoms. The molecule has 1 atom stereocenters. The molecule has 1 aliphatic heterocycles. The van der Waals surface area contributed by atoms with E-state index in [0.717, 1.165) is 24.3 Å². The molecule has 1 aromatic carbocycles. The number of amides is 1. The minimum atomic E-state index is 0.0353. The van der Waals surface area contributed by atoms with Gasteiger partial charge in [-0.2, -0.15) is 5.10 Å². The fourth-order valence-corrected chi connectivity index (χ4v) is 3.02. The lowest BCUT2D eigenvalue weighted by molar-refractivity contribution is 0.0777. The van der Waals surface area contributed by atoms with Crippen LogP contribution in [0.5, 0.6) is 5.75 Å². The summed E-state index contributed by atoms with van der Waals surface area (Å²) in [4.78, 5) is 14.5. The molecule has 1 fully saturated rings. The molecule has 3 rings (SSSR count). The fourth-order valence-electron chi connectivity index (χ4n) is 3.02. The van der Waals surface area contributed by atoms with Crippen LogP contribution in [0.1, 0.15) is 29.3 Å². The number of benzene rings is 1. The Morgan fingerprint density at radius 1 is 1.38 bits per heavy atom. The minimum Gasteiger partial charge on any atom is -0.497 e. The predicted octanol–water partition coefficient (Wildman–Crippen LogP) is 1.75. The van der Waals surface area contributed by atoms with Crippen molar-refractivity contribution in [2.45, 2.75) is 19.9 Å². The molecule has 1 amide bonds. The summed E-state index contributed by atoms with van der Waals surface area (Å²) in [6.45, 7) is 4.83. The second-order valence-corrected chi connectivity index (χ2v) is 6.77. The predicted molar refractivity (Wildman–Crippen MR) is 92.0 cm³/mol. The van der Waals surface area contributed by atoms with E-state index in [1.165, 1.54) is 0 Å². The van der Waals surface area contributed by atoms with E-state index >= 15 is 0 Å². The molecule has 1 unspecified atom stereocenters. The Morgan fingerprint density at radius 3 is 2.75 bits per heavy atom. The van der Waals surface area contributed by atoms with Crippen LogP contribution in [-0.4, -0.2) is 47.3 Å². The van der Waals surface area contributed by atoms with Gasteiger partial charge in [-0.3, -0.25) is 9.48 Å². The van der Waals surface area contributed by atoms with Crippen LogP contribution in [0, 0.1) is 5.41 Å². The van der Waals surface area contributed by atoms with Gasteiger partial charge in [0.2, 0.25) is 0 Å². The van der Waals surface area contributed by atoms with E-state index in [1.54, 1.807) is 18.0 Å². The molecule has 1 saturated heterocycles. The zero-order valence-electron chi connectivity index (χ0n) is 14.2. The highest BCUT2D eigenvalue weighted by molar-refractivity contribution is 5.94. The number of ether oxygens (including phenoxy) is 1. The van der Waals surface area contributed by atoms with E-state index in [2.05, 4.69) is 12.0 Å². The molecular weight excluding hydrogens is 304 g/mol. The molecule has 2 aromatic rings. The van der Waals surface area contributed by atoms with E-state index in [0.29, 0.717) is 25.2 Å². The van der Waals surface area contributed by atoms with E-state index in [1.807, 2.05) is 35.4 Å². The topological polar surface area (TPSA) is 73.4 Å². The van der Waals surface area contributed by atoms with Crippen molar-refractivity contribution in [2.24, 2.45) is 11.1 Å². The third kappa shape index (κ3) is 3.43. The van der Waals surface area contributed by atoms with Crippen molar-refractivity contribution in [3.63, 3.8) is 0 Å². The van der Waals surface area contributed by atoms with Crippen LogP contribution in [0.25, 0.3) is 0 Å². The maximum Gasteiger partial charge on any atom is 0.257 e. The third-order valence-electron chi connectivity index (χ3n) is 4.72. The van der Waals surface area contributed by atoms with Crippen LogP contribution in [-0.2, 0) is 6.54 Å². The number of methoxy groups -OCH3 is 1. The molecule has 2 N–H and O–H groups in total. The van der Waals surface area contributed by atoms with Crippen molar-refractivity contribution in [1.82, 2.24) is 14.7 Å². The molecule has 6 heteroatoms. The normalized spacial score (nSPS) is 20.4. The standard InChI is InChI=1S/C18H24N4O2/c1-18(12-19)7-8-21(13-18)17(23)15-9-20-22(11-15)10-14-3-5-16(24-2)6-4-14/h3-6,9,11H,7-8,10,12-13,19H2,1-2H3. The molecule has 0 saturated carbocycles. The summed E-state index contributed by atoms with van der Waals surface area (Å²) in [6, 6.07) is 7.83. The average molecular weight is 328 g/mol. The van der Waals surface area contributed by atoms with Gasteiger partial charge in [-0.15, -0.1) is 0 Å². The molecular formula is C18H24N4O2. The number of carbonyl (C=O) groups is 1. The molecule has 1 aliphatic rings. The molecule has 2 heterocycles. The SMILES string of the molecule is COc1ccc(Cn2cc(C(=O)N3CCC(C)(CN)C3)cn2)cc1. The number of hydrogen-bond donors (Lipinski definition) is 1. The van der Waals surface area contributed by atoms with Gasteiger partial charge in [0.15, 0.2) is 0 Å². The number of hydrogen-bond acceptors (Lipinski definition) is 4. The van der Waals surface area contributed by atoms with E-state index in [-0.39, 0.29) is 11.3 Å². The summed E-state index contributed by atoms with van der Waals surface area (Å²) in [6.07, 6.45) is 4.41. The Balaban J connectivity index is 1.65. The highest BCUT2D eigenvalue weighted by atomic mass is 16.5. The van der Waals surface area contributed by atoms with Gasteiger partial charge in [0.25, 0.3) is 5.91 Å². The second-order valence-electron chi connectivity index (χ2n) is 6.77. The van der Waals surface area contributed by atoms with Gasteiger partial charge in [-0.1, -0.05) is 19.1 Å². The van der Waals surface area contributed by atoms with Crippen LogP contribution < -0.4 is 10.5 Å². The maximum atomic E-state index is 12.6. The average Bonchev–Trinajstić information content (AvgIpc) is 3.22. The second kappa shape index (κ2) is 6.65. The number of carbonyl (C=O) groups excluding carboxylic acids is 1. The van der Waals surface area contributed by atoms with Crippen molar-refractivity contribution in [3.8, 4) is 5.75 Å². The summed E-state index contributed by atoms with van der Waals surface area (Å²) in [7, 11) is 1.65. The van der Waals surface area contributed by atoms with Crippen molar-refractivity contribution in [1.29, 1.82) is 0 Å². The number of nitrogens with two attached hydrogens (primary N) is 1. The van der Waals surface area contributed by atoms with Crippen LogP contribution in [0.4, 0.5) is 0 Å². The van der Waals surface area contributed by atoms with Crippen molar-refractivity contribution >= 4 is 5.91 Å². The lowest BCUT2D eigenvalue weighted by Gasteiger charge is -2.22. The number of aromatic nitrogens is 2. The monoisotopic (exact) mass is 328 g/mol. The molecule has 6 nitrogen and oxygen atoms in total. The van der Waals surface area contributed by atoms with E-state index in [4.69, 9.17) is 10.5 Å². The number of likely N-dealkylation sites (tertiary alicyclic amines) is 1. The van der Waals surface area contributed by atoms with Gasteiger partial charge >= 0.3 is 0 Å². The van der Waals surface area contributed by atoms with Crippen molar-refractivity contribution in [3.05, 3.63) is 47.8 Å². The van der Waals surface area contributed by atoms with E-state index < -0.39 is 0 Å². The first-order valence-electron chi connectivity index (χ1n) is 8.18. The van der Waals surface area contributed by atoms with Gasteiger partial charge in [0, 0.05) is 19.3 Å². The van der Waals surface area contributed by atoms with Crippen LogP contribution in [0.3, 0.4) is 0 Å². The van der Waals surface area contributed by atoms with Gasteiger partial charge < -0.3 is 15.4 Å². The Bertz CT molecular complexity index is 710. The lowest BCUT2D eigenvalue weighted by Crippen LogP contribution is -2.34. The summed E-state index contributed by atoms with van der Waals surface area (Å²) in [5, 5.41) is 4.32. The molecule has 0 aliphatic carbocycles. The summed E-state index contributed by atoms with van der Waals surface area (Å²) < 4.78 is 6.94. The smallest absolute Gasteiger partial charge is 0.257 e. The fraction of sp³-hybridized carbons (Fsp3) is 0.444. The molecule has 0 bridgehead atoms. The first-order valence-corrected chi connectivity index (χ1v) is 8.18. The van der Waals surface area contributed by atoms with Crippen LogP contribution in [0.15, 0.2) is 36.7 Å². The Morgan fingerprint density at radius 2 is 2.12 bits per heavy atom. The first-order chi connectivity index (χ1) is 11.5.